The molecule has 1 atom stereocenters. The molecule has 0 radical (unpaired) electrons. The molecule has 1 amide bonds. The van der Waals surface area contributed by atoms with E-state index >= 15 is 0 Å². The van der Waals surface area contributed by atoms with Gasteiger partial charge in [0.1, 0.15) is 0 Å². The molecule has 1 saturated heterocycles. The monoisotopic (exact) mass is 293 g/mol. The first-order chi connectivity index (χ1) is 9.84. The molecule has 1 aliphatic rings. The maximum absolute atomic E-state index is 12.4. The summed E-state index contributed by atoms with van der Waals surface area (Å²) >= 11 is 0. The quantitative estimate of drug-likeness (QED) is 0.849. The summed E-state index contributed by atoms with van der Waals surface area (Å²) in [5, 5.41) is 10.5. The SMILES string of the molecule is CCn1ccc(C(=O)N2CC[C@](O)(CN(C)C)C2)cc1=O. The second-order valence-corrected chi connectivity index (χ2v) is 5.98. The number of amides is 1. The van der Waals surface area contributed by atoms with Crippen LogP contribution in [0.5, 0.6) is 0 Å². The molecular weight excluding hydrogens is 270 g/mol. The van der Waals surface area contributed by atoms with E-state index in [4.69, 9.17) is 0 Å². The predicted molar refractivity (Wildman–Crippen MR) is 80.4 cm³/mol. The third kappa shape index (κ3) is 3.51. The Morgan fingerprint density at radius 2 is 2.19 bits per heavy atom. The lowest BCUT2D eigenvalue weighted by Gasteiger charge is -2.26. The lowest BCUT2D eigenvalue weighted by molar-refractivity contribution is 0.0236. The van der Waals surface area contributed by atoms with Gasteiger partial charge in [0.05, 0.1) is 12.1 Å². The number of hydrogen-bond donors (Lipinski definition) is 1. The Morgan fingerprint density at radius 3 is 2.76 bits per heavy atom. The van der Waals surface area contributed by atoms with Gasteiger partial charge in [-0.2, -0.15) is 0 Å². The molecule has 0 unspecified atom stereocenters. The number of rotatable bonds is 4. The Balaban J connectivity index is 2.11. The molecule has 1 aromatic rings. The smallest absolute Gasteiger partial charge is 0.254 e. The normalized spacial score (nSPS) is 22.0. The first-order valence-corrected chi connectivity index (χ1v) is 7.21. The van der Waals surface area contributed by atoms with E-state index < -0.39 is 5.60 Å². The molecule has 1 fully saturated rings. The van der Waals surface area contributed by atoms with Crippen LogP contribution in [0.1, 0.15) is 23.7 Å². The van der Waals surface area contributed by atoms with Gasteiger partial charge in [-0.25, -0.2) is 0 Å². The highest BCUT2D eigenvalue weighted by Gasteiger charge is 2.38. The summed E-state index contributed by atoms with van der Waals surface area (Å²) in [5.74, 6) is -0.190. The van der Waals surface area contributed by atoms with E-state index in [1.54, 1.807) is 21.7 Å². The van der Waals surface area contributed by atoms with Gasteiger partial charge in [0.25, 0.3) is 11.5 Å². The van der Waals surface area contributed by atoms with Crippen molar-refractivity contribution >= 4 is 5.91 Å². The van der Waals surface area contributed by atoms with E-state index in [0.717, 1.165) is 0 Å². The minimum atomic E-state index is -0.864. The summed E-state index contributed by atoms with van der Waals surface area (Å²) in [4.78, 5) is 27.8. The number of aromatic nitrogens is 1. The molecule has 0 spiro atoms. The average molecular weight is 293 g/mol. The van der Waals surface area contributed by atoms with Crippen molar-refractivity contribution in [1.82, 2.24) is 14.4 Å². The fourth-order valence-electron chi connectivity index (χ4n) is 2.83. The molecule has 116 valence electrons. The number of aryl methyl sites for hydroxylation is 1. The molecule has 0 aliphatic carbocycles. The summed E-state index contributed by atoms with van der Waals surface area (Å²) in [5.41, 5.74) is -0.651. The molecule has 1 aromatic heterocycles. The first-order valence-electron chi connectivity index (χ1n) is 7.21. The Kier molecular flexibility index (Phi) is 4.49. The maximum Gasteiger partial charge on any atom is 0.254 e. The third-order valence-electron chi connectivity index (χ3n) is 3.81. The standard InChI is InChI=1S/C15H23N3O3/c1-4-17-7-5-12(9-13(17)19)14(20)18-8-6-15(21,11-18)10-16(2)3/h5,7,9,21H,4,6,8,10-11H2,1-3H3/t15-/m0/s1. The van der Waals surface area contributed by atoms with Gasteiger partial charge < -0.3 is 19.5 Å². The van der Waals surface area contributed by atoms with E-state index in [-0.39, 0.29) is 11.5 Å². The molecule has 1 N–H and O–H groups in total. The van der Waals surface area contributed by atoms with Crippen molar-refractivity contribution in [2.75, 3.05) is 33.7 Å². The predicted octanol–water partition coefficient (Wildman–Crippen LogP) is 0.00680. The Hall–Kier alpha value is -1.66. The van der Waals surface area contributed by atoms with Crippen molar-refractivity contribution in [2.24, 2.45) is 0 Å². The van der Waals surface area contributed by atoms with Crippen molar-refractivity contribution in [2.45, 2.75) is 25.5 Å². The van der Waals surface area contributed by atoms with Gasteiger partial charge >= 0.3 is 0 Å². The molecular formula is C15H23N3O3. The Labute approximate surface area is 124 Å². The van der Waals surface area contributed by atoms with Crippen LogP contribution >= 0.6 is 0 Å². The number of carbonyl (C=O) groups is 1. The van der Waals surface area contributed by atoms with E-state index in [1.807, 2.05) is 25.9 Å². The largest absolute Gasteiger partial charge is 0.387 e. The highest BCUT2D eigenvalue weighted by atomic mass is 16.3. The van der Waals surface area contributed by atoms with Crippen LogP contribution in [0.3, 0.4) is 0 Å². The number of nitrogens with zero attached hydrogens (tertiary/aromatic N) is 3. The van der Waals surface area contributed by atoms with Crippen LogP contribution in [-0.2, 0) is 6.54 Å². The lowest BCUT2D eigenvalue weighted by atomic mass is 10.0. The van der Waals surface area contributed by atoms with Crippen LogP contribution in [0, 0.1) is 0 Å². The van der Waals surface area contributed by atoms with Crippen molar-refractivity contribution in [1.29, 1.82) is 0 Å². The minimum absolute atomic E-state index is 0.175. The maximum atomic E-state index is 12.4. The second kappa shape index (κ2) is 5.99. The van der Waals surface area contributed by atoms with Crippen LogP contribution in [0.4, 0.5) is 0 Å². The second-order valence-electron chi connectivity index (χ2n) is 5.98. The Morgan fingerprint density at radius 1 is 1.48 bits per heavy atom. The van der Waals surface area contributed by atoms with Crippen LogP contribution in [0.2, 0.25) is 0 Å². The first kappa shape index (κ1) is 15.7. The van der Waals surface area contributed by atoms with Crippen molar-refractivity contribution in [3.05, 3.63) is 34.2 Å². The highest BCUT2D eigenvalue weighted by molar-refractivity contribution is 5.94. The van der Waals surface area contributed by atoms with E-state index in [9.17, 15) is 14.7 Å². The minimum Gasteiger partial charge on any atom is -0.387 e. The topological polar surface area (TPSA) is 65.8 Å². The summed E-state index contributed by atoms with van der Waals surface area (Å²) in [6.45, 7) is 3.81. The van der Waals surface area contributed by atoms with E-state index in [2.05, 4.69) is 0 Å². The van der Waals surface area contributed by atoms with Crippen molar-refractivity contribution in [3.8, 4) is 0 Å². The van der Waals surface area contributed by atoms with Crippen LogP contribution in [0.25, 0.3) is 0 Å². The zero-order chi connectivity index (χ0) is 15.6. The van der Waals surface area contributed by atoms with Gasteiger partial charge in [-0.15, -0.1) is 0 Å². The van der Waals surface area contributed by atoms with Crippen LogP contribution < -0.4 is 5.56 Å². The molecule has 0 saturated carbocycles. The number of aliphatic hydroxyl groups is 1. The van der Waals surface area contributed by atoms with Gasteiger partial charge in [0.15, 0.2) is 0 Å². The fraction of sp³-hybridized carbons (Fsp3) is 0.600. The van der Waals surface area contributed by atoms with Crippen LogP contribution in [0.15, 0.2) is 23.1 Å². The summed E-state index contributed by atoms with van der Waals surface area (Å²) in [6, 6.07) is 3.03. The number of likely N-dealkylation sites (tertiary alicyclic amines) is 1. The molecule has 2 rings (SSSR count). The van der Waals surface area contributed by atoms with Crippen molar-refractivity contribution < 1.29 is 9.90 Å². The molecule has 6 nitrogen and oxygen atoms in total. The fourth-order valence-corrected chi connectivity index (χ4v) is 2.83. The molecule has 0 aromatic carbocycles. The summed E-state index contributed by atoms with van der Waals surface area (Å²) in [6.07, 6.45) is 2.20. The average Bonchev–Trinajstić information content (AvgIpc) is 2.79. The molecule has 0 bridgehead atoms. The van der Waals surface area contributed by atoms with Gasteiger partial charge in [-0.05, 0) is 33.5 Å². The molecule has 1 aliphatic heterocycles. The van der Waals surface area contributed by atoms with E-state index in [1.165, 1.54) is 6.07 Å². The number of carbonyl (C=O) groups excluding carboxylic acids is 1. The molecule has 21 heavy (non-hydrogen) atoms. The van der Waals surface area contributed by atoms with Gasteiger partial charge in [-0.1, -0.05) is 0 Å². The highest BCUT2D eigenvalue weighted by Crippen LogP contribution is 2.23. The third-order valence-corrected chi connectivity index (χ3v) is 3.81. The lowest BCUT2D eigenvalue weighted by Crippen LogP contribution is -2.43. The molecule has 2 heterocycles. The summed E-state index contributed by atoms with van der Waals surface area (Å²) in [7, 11) is 3.79. The number of β-amino-alcohol motifs (C(OH)–C–C–N with tert-alkyl or cyclic N) is 1. The van der Waals surface area contributed by atoms with Crippen LogP contribution in [-0.4, -0.2) is 64.7 Å². The zero-order valence-electron chi connectivity index (χ0n) is 12.9. The van der Waals surface area contributed by atoms with Crippen molar-refractivity contribution in [3.63, 3.8) is 0 Å². The van der Waals surface area contributed by atoms with Gasteiger partial charge in [0.2, 0.25) is 0 Å². The number of likely N-dealkylation sites (N-methyl/N-ethyl adjacent to an activating group) is 1. The van der Waals surface area contributed by atoms with E-state index in [0.29, 0.717) is 38.2 Å². The summed E-state index contributed by atoms with van der Waals surface area (Å²) < 4.78 is 1.54. The number of hydrogen-bond acceptors (Lipinski definition) is 4. The van der Waals surface area contributed by atoms with Gasteiger partial charge in [0, 0.05) is 37.5 Å². The zero-order valence-corrected chi connectivity index (χ0v) is 12.9. The van der Waals surface area contributed by atoms with Gasteiger partial charge in [-0.3, -0.25) is 9.59 Å². The molecule has 6 heteroatoms. The Bertz CT molecular complexity index is 582. The number of pyridine rings is 1.